The van der Waals surface area contributed by atoms with Gasteiger partial charge in [0.2, 0.25) is 0 Å². The molecule has 2 fully saturated rings. The summed E-state index contributed by atoms with van der Waals surface area (Å²) in [5.41, 5.74) is 2.75. The van der Waals surface area contributed by atoms with Gasteiger partial charge in [0, 0.05) is 31.5 Å². The maximum atomic E-state index is 4.25. The number of aromatic nitrogens is 1. The van der Waals surface area contributed by atoms with E-state index in [2.05, 4.69) is 35.1 Å². The lowest BCUT2D eigenvalue weighted by atomic mass is 9.95. The van der Waals surface area contributed by atoms with Crippen LogP contribution in [-0.2, 0) is 6.54 Å². The number of aryl methyl sites for hydroxylation is 1. The fourth-order valence-electron chi connectivity index (χ4n) is 3.35. The van der Waals surface area contributed by atoms with Gasteiger partial charge in [0.25, 0.3) is 0 Å². The predicted octanol–water partition coefficient (Wildman–Crippen LogP) is 1.43. The van der Waals surface area contributed by atoms with Crippen molar-refractivity contribution in [1.82, 2.24) is 15.2 Å². The van der Waals surface area contributed by atoms with Crippen molar-refractivity contribution in [2.75, 3.05) is 19.6 Å². The van der Waals surface area contributed by atoms with Gasteiger partial charge in [-0.25, -0.2) is 0 Å². The maximum absolute atomic E-state index is 4.25. The Morgan fingerprint density at radius 3 is 3.12 bits per heavy atom. The number of rotatable bonds is 2. The van der Waals surface area contributed by atoms with Crippen LogP contribution >= 0.6 is 0 Å². The lowest BCUT2D eigenvalue weighted by molar-refractivity contribution is 0.231. The van der Waals surface area contributed by atoms with Crippen LogP contribution in [0, 0.1) is 18.8 Å². The normalized spacial score (nSPS) is 32.9. The highest BCUT2D eigenvalue weighted by atomic mass is 15.2. The number of pyridine rings is 1. The van der Waals surface area contributed by atoms with E-state index in [1.54, 1.807) is 0 Å². The third kappa shape index (κ3) is 1.98. The Morgan fingerprint density at radius 2 is 2.35 bits per heavy atom. The minimum Gasteiger partial charge on any atom is -0.316 e. The molecule has 2 saturated heterocycles. The van der Waals surface area contributed by atoms with Crippen molar-refractivity contribution < 1.29 is 0 Å². The molecule has 2 aliphatic heterocycles. The van der Waals surface area contributed by atoms with Crippen LogP contribution in [0.15, 0.2) is 18.5 Å². The SMILES string of the molecule is Cc1ccncc1CN1CC2CNCC2C1C. The summed E-state index contributed by atoms with van der Waals surface area (Å²) in [7, 11) is 0. The van der Waals surface area contributed by atoms with E-state index in [9.17, 15) is 0 Å². The zero-order valence-electron chi connectivity index (χ0n) is 10.7. The molecule has 1 aromatic heterocycles. The van der Waals surface area contributed by atoms with E-state index in [1.165, 1.54) is 30.8 Å². The minimum absolute atomic E-state index is 0.703. The van der Waals surface area contributed by atoms with Gasteiger partial charge in [-0.15, -0.1) is 0 Å². The van der Waals surface area contributed by atoms with Gasteiger partial charge in [0.05, 0.1) is 0 Å². The molecule has 0 saturated carbocycles. The summed E-state index contributed by atoms with van der Waals surface area (Å²) in [5.74, 6) is 1.72. The summed E-state index contributed by atoms with van der Waals surface area (Å²) in [6.07, 6.45) is 3.90. The molecule has 2 aliphatic rings. The highest BCUT2D eigenvalue weighted by Crippen LogP contribution is 2.33. The molecular weight excluding hydrogens is 210 g/mol. The molecule has 92 valence electrons. The van der Waals surface area contributed by atoms with Crippen molar-refractivity contribution in [2.24, 2.45) is 11.8 Å². The van der Waals surface area contributed by atoms with Gasteiger partial charge in [-0.1, -0.05) is 0 Å². The van der Waals surface area contributed by atoms with Gasteiger partial charge in [-0.2, -0.15) is 0 Å². The van der Waals surface area contributed by atoms with E-state index in [4.69, 9.17) is 0 Å². The van der Waals surface area contributed by atoms with Gasteiger partial charge < -0.3 is 5.32 Å². The standard InChI is InChI=1S/C14H21N3/c1-10-3-4-15-5-12(10)8-17-9-13-6-16-7-14(13)11(17)2/h3-5,11,13-14,16H,6-9H2,1-2H3. The summed E-state index contributed by atoms with van der Waals surface area (Å²) in [5, 5.41) is 3.51. The molecule has 3 heteroatoms. The summed E-state index contributed by atoms with van der Waals surface area (Å²) >= 11 is 0. The molecule has 3 atom stereocenters. The number of nitrogens with zero attached hydrogens (tertiary/aromatic N) is 2. The molecule has 3 unspecified atom stereocenters. The molecule has 3 heterocycles. The average Bonchev–Trinajstić information content (AvgIpc) is 2.87. The predicted molar refractivity (Wildman–Crippen MR) is 68.7 cm³/mol. The van der Waals surface area contributed by atoms with Gasteiger partial charge in [-0.05, 0) is 56.0 Å². The Labute approximate surface area is 103 Å². The second kappa shape index (κ2) is 4.39. The lowest BCUT2D eigenvalue weighted by Gasteiger charge is -2.24. The Balaban J connectivity index is 1.73. The van der Waals surface area contributed by atoms with Gasteiger partial charge in [-0.3, -0.25) is 9.88 Å². The van der Waals surface area contributed by atoms with Crippen molar-refractivity contribution in [1.29, 1.82) is 0 Å². The molecule has 0 spiro atoms. The molecule has 3 rings (SSSR count). The van der Waals surface area contributed by atoms with E-state index in [0.29, 0.717) is 6.04 Å². The van der Waals surface area contributed by atoms with E-state index in [0.717, 1.165) is 18.4 Å². The number of hydrogen-bond donors (Lipinski definition) is 1. The van der Waals surface area contributed by atoms with Crippen LogP contribution in [0.3, 0.4) is 0 Å². The van der Waals surface area contributed by atoms with Crippen LogP contribution in [0.25, 0.3) is 0 Å². The smallest absolute Gasteiger partial charge is 0.0315 e. The quantitative estimate of drug-likeness (QED) is 0.834. The first-order valence-corrected chi connectivity index (χ1v) is 6.60. The van der Waals surface area contributed by atoms with Crippen LogP contribution in [0.5, 0.6) is 0 Å². The van der Waals surface area contributed by atoms with Gasteiger partial charge in [0.1, 0.15) is 0 Å². The van der Waals surface area contributed by atoms with Crippen molar-refractivity contribution in [2.45, 2.75) is 26.4 Å². The molecule has 3 nitrogen and oxygen atoms in total. The Kier molecular flexibility index (Phi) is 2.89. The van der Waals surface area contributed by atoms with Crippen molar-refractivity contribution in [3.8, 4) is 0 Å². The monoisotopic (exact) mass is 231 g/mol. The summed E-state index contributed by atoms with van der Waals surface area (Å²) in [4.78, 5) is 6.87. The highest BCUT2D eigenvalue weighted by Gasteiger charge is 2.41. The van der Waals surface area contributed by atoms with E-state index >= 15 is 0 Å². The first-order chi connectivity index (χ1) is 8.25. The maximum Gasteiger partial charge on any atom is 0.0315 e. The average molecular weight is 231 g/mol. The van der Waals surface area contributed by atoms with Crippen LogP contribution in [0.1, 0.15) is 18.1 Å². The molecule has 0 aliphatic carbocycles. The highest BCUT2D eigenvalue weighted by molar-refractivity contribution is 5.21. The number of hydrogen-bond acceptors (Lipinski definition) is 3. The van der Waals surface area contributed by atoms with Crippen LogP contribution in [0.2, 0.25) is 0 Å². The summed E-state index contributed by atoms with van der Waals surface area (Å²) in [6.45, 7) is 9.27. The van der Waals surface area contributed by atoms with Crippen molar-refractivity contribution in [3.63, 3.8) is 0 Å². The molecule has 17 heavy (non-hydrogen) atoms. The number of fused-ring (bicyclic) bond motifs is 1. The summed E-state index contributed by atoms with van der Waals surface area (Å²) < 4.78 is 0. The third-order valence-corrected chi connectivity index (χ3v) is 4.58. The molecular formula is C14H21N3. The van der Waals surface area contributed by atoms with Gasteiger partial charge in [0.15, 0.2) is 0 Å². The van der Waals surface area contributed by atoms with Crippen molar-refractivity contribution in [3.05, 3.63) is 29.6 Å². The largest absolute Gasteiger partial charge is 0.316 e. The molecule has 1 aromatic rings. The van der Waals surface area contributed by atoms with E-state index in [1.807, 2.05) is 12.4 Å². The zero-order valence-corrected chi connectivity index (χ0v) is 10.7. The van der Waals surface area contributed by atoms with Crippen LogP contribution < -0.4 is 5.32 Å². The lowest BCUT2D eigenvalue weighted by Crippen LogP contribution is -2.32. The van der Waals surface area contributed by atoms with Gasteiger partial charge >= 0.3 is 0 Å². The second-order valence-electron chi connectivity index (χ2n) is 5.55. The summed E-state index contributed by atoms with van der Waals surface area (Å²) in [6, 6.07) is 2.81. The molecule has 0 radical (unpaired) electrons. The first kappa shape index (κ1) is 11.2. The Morgan fingerprint density at radius 1 is 1.47 bits per heavy atom. The van der Waals surface area contributed by atoms with E-state index in [-0.39, 0.29) is 0 Å². The fraction of sp³-hybridized carbons (Fsp3) is 0.643. The molecule has 0 bridgehead atoms. The Bertz CT molecular complexity index is 404. The minimum atomic E-state index is 0.703. The fourth-order valence-corrected chi connectivity index (χ4v) is 3.35. The molecule has 1 N–H and O–H groups in total. The molecule has 0 aromatic carbocycles. The van der Waals surface area contributed by atoms with Crippen molar-refractivity contribution >= 4 is 0 Å². The zero-order chi connectivity index (χ0) is 11.8. The topological polar surface area (TPSA) is 28.2 Å². The van der Waals surface area contributed by atoms with Crippen LogP contribution in [-0.4, -0.2) is 35.6 Å². The molecule has 0 amide bonds. The first-order valence-electron chi connectivity index (χ1n) is 6.60. The second-order valence-corrected chi connectivity index (χ2v) is 5.55. The third-order valence-electron chi connectivity index (χ3n) is 4.58. The van der Waals surface area contributed by atoms with E-state index < -0.39 is 0 Å². The van der Waals surface area contributed by atoms with Crippen LogP contribution in [0.4, 0.5) is 0 Å². The number of likely N-dealkylation sites (tertiary alicyclic amines) is 1. The Hall–Kier alpha value is -0.930. The number of nitrogens with one attached hydrogen (secondary N) is 1.